The van der Waals surface area contributed by atoms with Crippen LogP contribution in [-0.2, 0) is 22.6 Å². The van der Waals surface area contributed by atoms with Crippen molar-refractivity contribution in [1.82, 2.24) is 24.8 Å². The van der Waals surface area contributed by atoms with Crippen LogP contribution in [0.5, 0.6) is 0 Å². The molecule has 0 saturated heterocycles. The van der Waals surface area contributed by atoms with Gasteiger partial charge in [0, 0.05) is 83.9 Å². The molecule has 8 bridgehead atoms. The summed E-state index contributed by atoms with van der Waals surface area (Å²) in [4.78, 5) is 33.5. The molecule has 65 heavy (non-hydrogen) atoms. The molecule has 0 aliphatic carbocycles. The lowest BCUT2D eigenvalue weighted by Crippen LogP contribution is -2.33. The lowest BCUT2D eigenvalue weighted by molar-refractivity contribution is -0.130. The fourth-order valence-corrected chi connectivity index (χ4v) is 14.4. The number of nitrogens with zero attached hydrogens (tertiary/aromatic N) is 3. The molecule has 5 heterocycles. The van der Waals surface area contributed by atoms with Crippen molar-refractivity contribution >= 4 is 62.8 Å². The lowest BCUT2D eigenvalue weighted by Gasteiger charge is -2.27. The number of rotatable bonds is 16. The zero-order chi connectivity index (χ0) is 45.7. The van der Waals surface area contributed by atoms with Gasteiger partial charge in [0.15, 0.2) is 0 Å². The van der Waals surface area contributed by atoms with Gasteiger partial charge in [0.25, 0.3) is 0 Å². The van der Waals surface area contributed by atoms with Crippen LogP contribution in [0.1, 0.15) is 109 Å². The Morgan fingerprint density at radius 1 is 0.738 bits per heavy atom. The summed E-state index contributed by atoms with van der Waals surface area (Å²) in [6.07, 6.45) is 6.89. The highest BCUT2D eigenvalue weighted by Gasteiger charge is 2.44. The van der Waals surface area contributed by atoms with Crippen molar-refractivity contribution in [3.05, 3.63) is 160 Å². The molecule has 9 heteroatoms. The first kappa shape index (κ1) is 45.9. The summed E-state index contributed by atoms with van der Waals surface area (Å²) in [6.45, 7) is 14.7. The Morgan fingerprint density at radius 3 is 1.91 bits per heavy atom. The van der Waals surface area contributed by atoms with Gasteiger partial charge >= 0.3 is 0 Å². The van der Waals surface area contributed by atoms with Crippen LogP contribution < -0.4 is 15.9 Å². The molecule has 0 spiro atoms. The maximum absolute atomic E-state index is 13.8. The first-order chi connectivity index (χ1) is 31.5. The molecule has 2 aliphatic rings. The Balaban J connectivity index is 0.955. The molecule has 8 nitrogen and oxygen atoms in total. The number of benzene rings is 3. The largest absolute Gasteiger partial charge is 0.392 e. The molecule has 2 atom stereocenters. The van der Waals surface area contributed by atoms with Gasteiger partial charge in [-0.15, -0.1) is 0 Å². The summed E-state index contributed by atoms with van der Waals surface area (Å²) in [5.41, 5.74) is 14.2. The van der Waals surface area contributed by atoms with Gasteiger partial charge in [0.2, 0.25) is 5.91 Å². The van der Waals surface area contributed by atoms with E-state index >= 15 is 0 Å². The first-order valence-corrected chi connectivity index (χ1v) is 25.4. The van der Waals surface area contributed by atoms with Gasteiger partial charge in [-0.05, 0) is 135 Å². The molecular formula is C56H65N5O3P+. The number of ether oxygens (including phenoxy) is 1. The summed E-state index contributed by atoms with van der Waals surface area (Å²) in [6, 6.07) is 39.4. The number of H-pyrrole nitrogens is 2. The number of hydrogen-bond donors (Lipinski definition) is 3. The SMILES string of the molecule is CCc1c(C)c2cc3[nH]c(cc4nc(c(C)c5nc(cc1[nH]2)C(C)=C5)[C@@H](CCC(=O)N(C)CCCOCCC[P+](c1ccccc1)(c1ccccc1)c1ccccc1)[C@@H]4C)c(C)c3CO. The number of aliphatic hydroxyl groups excluding tert-OH is 1. The smallest absolute Gasteiger partial charge is 0.222 e. The van der Waals surface area contributed by atoms with Gasteiger partial charge in [0.05, 0.1) is 30.8 Å². The Kier molecular flexibility index (Phi) is 14.3. The van der Waals surface area contributed by atoms with E-state index in [1.165, 1.54) is 27.0 Å². The number of aliphatic hydroxyl groups is 1. The van der Waals surface area contributed by atoms with Crippen LogP contribution in [0.25, 0.3) is 33.7 Å². The Bertz CT molecular complexity index is 2740. The average molecular weight is 887 g/mol. The van der Waals surface area contributed by atoms with E-state index in [9.17, 15) is 9.90 Å². The van der Waals surface area contributed by atoms with Gasteiger partial charge in [-0.2, -0.15) is 0 Å². The number of aromatic nitrogens is 4. The molecule has 1 amide bonds. The maximum Gasteiger partial charge on any atom is 0.222 e. The highest BCUT2D eigenvalue weighted by atomic mass is 31.2. The summed E-state index contributed by atoms with van der Waals surface area (Å²) in [7, 11) is 0.0208. The second kappa shape index (κ2) is 20.2. The third kappa shape index (κ3) is 9.40. The van der Waals surface area contributed by atoms with Gasteiger partial charge in [-0.1, -0.05) is 68.4 Å². The zero-order valence-corrected chi connectivity index (χ0v) is 40.1. The van der Waals surface area contributed by atoms with E-state index in [1.807, 2.05) is 11.9 Å². The number of aromatic amines is 2. The quantitative estimate of drug-likeness (QED) is 0.0663. The second-order valence-corrected chi connectivity index (χ2v) is 21.5. The van der Waals surface area contributed by atoms with Gasteiger partial charge in [0.1, 0.15) is 23.2 Å². The molecule has 0 saturated carbocycles. The highest BCUT2D eigenvalue weighted by Crippen LogP contribution is 2.55. The second-order valence-electron chi connectivity index (χ2n) is 17.9. The molecule has 0 radical (unpaired) electrons. The van der Waals surface area contributed by atoms with E-state index in [1.54, 1.807) is 0 Å². The van der Waals surface area contributed by atoms with Crippen LogP contribution in [0, 0.1) is 20.8 Å². The lowest BCUT2D eigenvalue weighted by atomic mass is 9.85. The number of allylic oxidation sites excluding steroid dienone is 1. The standard InChI is InChI=1S/C56H65N5O3P/c1-8-45-38(3)51-35-54-47(36-62)40(5)50(59-54)34-52-39(4)46(56(60-52)41(6)49-32-37(2)48(57-49)33-53(45)58-51)26-27-55(63)61(7)28-18-29-64-30-19-31-65(42-20-12-9-13-21-42,43-22-14-10-15-23-43)44-24-16-11-17-25-44/h9-17,20-25,32-35,39,46,58-59,62H,8,18-19,26-31,36H2,1-7H3/q+1/t39-,46-/m0/s1. The Hall–Kier alpha value is -5.66. The minimum Gasteiger partial charge on any atom is -0.392 e. The molecular weight excluding hydrogens is 822 g/mol. The number of nitrogens with one attached hydrogen (secondary N) is 2. The molecule has 3 aromatic heterocycles. The van der Waals surface area contributed by atoms with E-state index < -0.39 is 7.26 Å². The summed E-state index contributed by atoms with van der Waals surface area (Å²) in [5.74, 6) is 0.245. The van der Waals surface area contributed by atoms with E-state index in [-0.39, 0.29) is 24.3 Å². The Labute approximate surface area is 385 Å². The number of aryl methyl sites for hydroxylation is 3. The van der Waals surface area contributed by atoms with Crippen LogP contribution in [0.3, 0.4) is 0 Å². The van der Waals surface area contributed by atoms with Crippen LogP contribution in [0.4, 0.5) is 0 Å². The fourth-order valence-electron chi connectivity index (χ4n) is 10.0. The van der Waals surface area contributed by atoms with Crippen LogP contribution in [-0.4, -0.2) is 68.8 Å². The average Bonchev–Trinajstić information content (AvgIpc) is 4.04. The summed E-state index contributed by atoms with van der Waals surface area (Å²) in [5, 5.41) is 14.7. The normalized spacial score (nSPS) is 15.0. The van der Waals surface area contributed by atoms with Crippen molar-refractivity contribution in [2.75, 3.05) is 33.0 Å². The minimum atomic E-state index is -1.89. The molecule has 6 aromatic rings. The van der Waals surface area contributed by atoms with Crippen molar-refractivity contribution in [2.24, 2.45) is 0 Å². The van der Waals surface area contributed by atoms with Crippen molar-refractivity contribution in [1.29, 1.82) is 0 Å². The fraction of sp³-hybridized carbons (Fsp3) is 0.339. The van der Waals surface area contributed by atoms with Crippen molar-refractivity contribution in [3.63, 3.8) is 0 Å². The van der Waals surface area contributed by atoms with Crippen molar-refractivity contribution in [2.45, 2.75) is 92.1 Å². The molecule has 3 aromatic carbocycles. The third-order valence-corrected chi connectivity index (χ3v) is 18.5. The minimum absolute atomic E-state index is 0.0400. The Morgan fingerprint density at radius 2 is 1.31 bits per heavy atom. The van der Waals surface area contributed by atoms with Crippen LogP contribution in [0.2, 0.25) is 0 Å². The predicted octanol–water partition coefficient (Wildman–Crippen LogP) is 10.8. The highest BCUT2D eigenvalue weighted by molar-refractivity contribution is 7.95. The number of fused-ring (bicyclic) bond motifs is 8. The van der Waals surface area contributed by atoms with Crippen LogP contribution in [0.15, 0.2) is 109 Å². The zero-order valence-electron chi connectivity index (χ0n) is 39.2. The van der Waals surface area contributed by atoms with E-state index in [0.29, 0.717) is 32.6 Å². The number of carbonyl (C=O) groups excluding carboxylic acids is 1. The molecule has 2 aliphatic heterocycles. The van der Waals surface area contributed by atoms with Crippen LogP contribution >= 0.6 is 7.26 Å². The predicted molar refractivity (Wildman–Crippen MR) is 272 cm³/mol. The van der Waals surface area contributed by atoms with Gasteiger partial charge < -0.3 is 24.7 Å². The molecule has 336 valence electrons. The monoisotopic (exact) mass is 886 g/mol. The van der Waals surface area contributed by atoms with Crippen molar-refractivity contribution < 1.29 is 14.6 Å². The van der Waals surface area contributed by atoms with Gasteiger partial charge in [-0.3, -0.25) is 9.78 Å². The molecule has 0 unspecified atom stereocenters. The maximum atomic E-state index is 13.8. The van der Waals surface area contributed by atoms with Gasteiger partial charge in [-0.25, -0.2) is 4.98 Å². The molecule has 3 N–H and O–H groups in total. The topological polar surface area (TPSA) is 107 Å². The van der Waals surface area contributed by atoms with E-state index in [2.05, 4.69) is 167 Å². The third-order valence-electron chi connectivity index (χ3n) is 14.0. The number of carbonyl (C=O) groups is 1. The summed E-state index contributed by atoms with van der Waals surface area (Å²) < 4.78 is 6.28. The first-order valence-electron chi connectivity index (χ1n) is 23.4. The number of amides is 1. The number of hydrogen-bond acceptors (Lipinski definition) is 5. The molecule has 8 rings (SSSR count). The van der Waals surface area contributed by atoms with Crippen molar-refractivity contribution in [3.8, 4) is 0 Å². The van der Waals surface area contributed by atoms with E-state index in [4.69, 9.17) is 14.7 Å². The summed E-state index contributed by atoms with van der Waals surface area (Å²) >= 11 is 0. The molecule has 0 fully saturated rings. The van der Waals surface area contributed by atoms with E-state index in [0.717, 1.165) is 92.5 Å².